The van der Waals surface area contributed by atoms with Gasteiger partial charge in [0.05, 0.1) is 0 Å². The van der Waals surface area contributed by atoms with Crippen molar-refractivity contribution in [3.63, 3.8) is 0 Å². The van der Waals surface area contributed by atoms with E-state index in [0.717, 1.165) is 12.5 Å². The first kappa shape index (κ1) is 14.1. The summed E-state index contributed by atoms with van der Waals surface area (Å²) in [5, 5.41) is 16.8. The fourth-order valence-electron chi connectivity index (χ4n) is 1.57. The lowest BCUT2D eigenvalue weighted by Crippen LogP contribution is -2.64. The first-order chi connectivity index (χ1) is 6.56. The van der Waals surface area contributed by atoms with Gasteiger partial charge in [-0.25, -0.2) is 0 Å². The van der Waals surface area contributed by atoms with Crippen molar-refractivity contribution in [1.82, 2.24) is 0 Å². The largest absolute Gasteiger partial charge is 0.327 e. The zero-order chi connectivity index (χ0) is 10.9. The molecule has 3 nitrogen and oxygen atoms in total. The highest BCUT2D eigenvalue weighted by Gasteiger charge is 2.15. The molecule has 0 rings (SSSR count). The van der Waals surface area contributed by atoms with E-state index < -0.39 is 8.56 Å². The van der Waals surface area contributed by atoms with Gasteiger partial charge < -0.3 is 16.2 Å². The molecule has 0 saturated heterocycles. The second-order valence-corrected chi connectivity index (χ2v) is 7.06. The third kappa shape index (κ3) is 12.1. The summed E-state index contributed by atoms with van der Waals surface area (Å²) in [5.41, 5.74) is 0. The summed E-state index contributed by atoms with van der Waals surface area (Å²) >= 11 is 0. The van der Waals surface area contributed by atoms with Crippen LogP contribution in [0.25, 0.3) is 0 Å². The van der Waals surface area contributed by atoms with Crippen molar-refractivity contribution in [2.45, 2.75) is 64.3 Å². The Kier molecular flexibility index (Phi) is 8.47. The Balaban J connectivity index is 2.99. The van der Waals surface area contributed by atoms with Crippen molar-refractivity contribution in [2.75, 3.05) is 0 Å². The van der Waals surface area contributed by atoms with Crippen molar-refractivity contribution < 1.29 is 0 Å². The molecule has 0 spiro atoms. The van der Waals surface area contributed by atoms with Crippen molar-refractivity contribution in [2.24, 2.45) is 16.2 Å². The number of hydrogen-bond donors (Lipinski definition) is 3. The lowest BCUT2D eigenvalue weighted by molar-refractivity contribution is 0.583. The zero-order valence-electron chi connectivity index (χ0n) is 9.60. The van der Waals surface area contributed by atoms with Crippen LogP contribution in [0.1, 0.15) is 58.3 Å². The Morgan fingerprint density at radius 1 is 0.714 bits per heavy atom. The van der Waals surface area contributed by atoms with E-state index in [0.29, 0.717) is 0 Å². The Morgan fingerprint density at radius 3 is 1.57 bits per heavy atom. The summed E-state index contributed by atoms with van der Waals surface area (Å²) in [6.45, 7) is 2.24. The highest BCUT2D eigenvalue weighted by molar-refractivity contribution is 6.70. The summed E-state index contributed by atoms with van der Waals surface area (Å²) in [6, 6.07) is 0.863. The quantitative estimate of drug-likeness (QED) is 0.408. The minimum Gasteiger partial charge on any atom is -0.327 e. The second-order valence-electron chi connectivity index (χ2n) is 4.34. The normalized spacial score (nSPS) is 12.0. The van der Waals surface area contributed by atoms with Gasteiger partial charge in [-0.3, -0.25) is 0 Å². The number of hydrogen-bond acceptors (Lipinski definition) is 3. The Morgan fingerprint density at radius 2 is 1.14 bits per heavy atom. The smallest absolute Gasteiger partial charge is 0.273 e. The van der Waals surface area contributed by atoms with Crippen molar-refractivity contribution in [3.05, 3.63) is 0 Å². The maximum Gasteiger partial charge on any atom is 0.273 e. The van der Waals surface area contributed by atoms with Crippen molar-refractivity contribution in [1.29, 1.82) is 0 Å². The van der Waals surface area contributed by atoms with Gasteiger partial charge in [0.1, 0.15) is 0 Å². The highest BCUT2D eigenvalue weighted by Crippen LogP contribution is 2.10. The molecule has 4 heteroatoms. The molecule has 0 radical (unpaired) electrons. The van der Waals surface area contributed by atoms with Crippen LogP contribution in [0.2, 0.25) is 6.04 Å². The molecule has 0 atom stereocenters. The third-order valence-corrected chi connectivity index (χ3v) is 3.68. The van der Waals surface area contributed by atoms with Gasteiger partial charge in [0.15, 0.2) is 0 Å². The first-order valence-electron chi connectivity index (χ1n) is 5.93. The standard InChI is InChI=1S/C10H27N3Si/c1-2-3-4-5-6-7-8-9-10-14(11,12)13/h2-13H2,1H3. The highest BCUT2D eigenvalue weighted by atomic mass is 28.4. The van der Waals surface area contributed by atoms with Crippen LogP contribution in [0.4, 0.5) is 0 Å². The lowest BCUT2D eigenvalue weighted by atomic mass is 10.1. The molecule has 0 aromatic rings. The molecule has 6 N–H and O–H groups in total. The average Bonchev–Trinajstić information content (AvgIpc) is 2.08. The van der Waals surface area contributed by atoms with Crippen LogP contribution in [-0.2, 0) is 0 Å². The monoisotopic (exact) mass is 217 g/mol. The fourth-order valence-corrected chi connectivity index (χ4v) is 2.43. The number of rotatable bonds is 9. The van der Waals surface area contributed by atoms with E-state index in [4.69, 9.17) is 16.2 Å². The molecule has 0 aromatic carbocycles. The van der Waals surface area contributed by atoms with Gasteiger partial charge >= 0.3 is 0 Å². The summed E-state index contributed by atoms with van der Waals surface area (Å²) < 4.78 is 0. The zero-order valence-corrected chi connectivity index (χ0v) is 10.6. The minimum absolute atomic E-state index is 0.863. The molecular weight excluding hydrogens is 190 g/mol. The Hall–Kier alpha value is 0.0969. The minimum atomic E-state index is -2.24. The van der Waals surface area contributed by atoms with Gasteiger partial charge in [0, 0.05) is 0 Å². The maximum atomic E-state index is 5.61. The molecule has 0 unspecified atom stereocenters. The summed E-state index contributed by atoms with van der Waals surface area (Å²) in [5.74, 6) is 0. The summed E-state index contributed by atoms with van der Waals surface area (Å²) in [4.78, 5) is 0. The van der Waals surface area contributed by atoms with Crippen LogP contribution in [-0.4, -0.2) is 8.56 Å². The lowest BCUT2D eigenvalue weighted by Gasteiger charge is -2.13. The molecule has 0 aliphatic rings. The fraction of sp³-hybridized carbons (Fsp3) is 1.00. The SMILES string of the molecule is CCCCCCCCCC[Si](N)(N)N. The van der Waals surface area contributed by atoms with Gasteiger partial charge in [-0.15, -0.1) is 0 Å². The Bertz CT molecular complexity index is 123. The third-order valence-electron chi connectivity index (χ3n) is 2.46. The van der Waals surface area contributed by atoms with Crippen LogP contribution in [0.3, 0.4) is 0 Å². The topological polar surface area (TPSA) is 78.1 Å². The van der Waals surface area contributed by atoms with E-state index in [1.54, 1.807) is 0 Å². The van der Waals surface area contributed by atoms with Crippen LogP contribution in [0, 0.1) is 0 Å². The van der Waals surface area contributed by atoms with E-state index in [1.807, 2.05) is 0 Å². The van der Waals surface area contributed by atoms with E-state index in [9.17, 15) is 0 Å². The average molecular weight is 217 g/mol. The molecule has 0 aliphatic carbocycles. The molecule has 0 saturated carbocycles. The van der Waals surface area contributed by atoms with Gasteiger partial charge in [0.25, 0.3) is 8.56 Å². The molecule has 86 valence electrons. The van der Waals surface area contributed by atoms with E-state index in [1.165, 1.54) is 44.9 Å². The molecule has 0 fully saturated rings. The van der Waals surface area contributed by atoms with Crippen LogP contribution in [0.5, 0.6) is 0 Å². The number of nitrogens with two attached hydrogens (primary N) is 3. The summed E-state index contributed by atoms with van der Waals surface area (Å²) in [6.07, 6.45) is 10.5. The number of unbranched alkanes of at least 4 members (excludes halogenated alkanes) is 7. The van der Waals surface area contributed by atoms with Crippen LogP contribution in [0.15, 0.2) is 0 Å². The molecular formula is C10H27N3Si. The van der Waals surface area contributed by atoms with Gasteiger partial charge in [0.2, 0.25) is 0 Å². The van der Waals surface area contributed by atoms with Gasteiger partial charge in [-0.05, 0) is 6.04 Å². The molecule has 0 aliphatic heterocycles. The predicted molar refractivity (Wildman–Crippen MR) is 65.7 cm³/mol. The molecule has 0 amide bonds. The molecule has 0 aromatic heterocycles. The summed E-state index contributed by atoms with van der Waals surface area (Å²) in [7, 11) is -2.24. The first-order valence-corrected chi connectivity index (χ1v) is 8.37. The van der Waals surface area contributed by atoms with Crippen LogP contribution >= 0.6 is 0 Å². The maximum absolute atomic E-state index is 5.61. The molecule has 0 heterocycles. The van der Waals surface area contributed by atoms with Crippen molar-refractivity contribution >= 4 is 8.56 Å². The van der Waals surface area contributed by atoms with E-state index in [2.05, 4.69) is 6.92 Å². The Labute approximate surface area is 89.7 Å². The van der Waals surface area contributed by atoms with Gasteiger partial charge in [-0.2, -0.15) is 0 Å². The van der Waals surface area contributed by atoms with E-state index in [-0.39, 0.29) is 0 Å². The van der Waals surface area contributed by atoms with Crippen LogP contribution < -0.4 is 16.2 Å². The van der Waals surface area contributed by atoms with E-state index >= 15 is 0 Å². The molecule has 14 heavy (non-hydrogen) atoms. The predicted octanol–water partition coefficient (Wildman–Crippen LogP) is 1.94. The molecule has 0 bridgehead atoms. The van der Waals surface area contributed by atoms with Crippen molar-refractivity contribution in [3.8, 4) is 0 Å². The second kappa shape index (κ2) is 8.41. The van der Waals surface area contributed by atoms with Gasteiger partial charge in [-0.1, -0.05) is 58.3 Å².